The summed E-state index contributed by atoms with van der Waals surface area (Å²) in [5.41, 5.74) is 0.468. The summed E-state index contributed by atoms with van der Waals surface area (Å²) in [6.45, 7) is 12.6. The van der Waals surface area contributed by atoms with E-state index in [1.54, 1.807) is 0 Å². The molecule has 1 saturated carbocycles. The van der Waals surface area contributed by atoms with Gasteiger partial charge in [-0.2, -0.15) is 0 Å². The van der Waals surface area contributed by atoms with Crippen LogP contribution in [0.4, 0.5) is 0 Å². The molecule has 3 fully saturated rings. The van der Waals surface area contributed by atoms with Crippen LogP contribution in [0.25, 0.3) is 0 Å². The molecule has 0 spiro atoms. The summed E-state index contributed by atoms with van der Waals surface area (Å²) in [6.07, 6.45) is 7.06. The molecule has 3 heteroatoms. The SMILES string of the molecule is CNC1C(CN2CC3CCCCN3CC2C)CCC1(C)C. The van der Waals surface area contributed by atoms with Gasteiger partial charge in [-0.15, -0.1) is 0 Å². The minimum atomic E-state index is 0.468. The fourth-order valence-corrected chi connectivity index (χ4v) is 5.31. The third-order valence-electron chi connectivity index (χ3n) is 6.57. The van der Waals surface area contributed by atoms with Crippen LogP contribution in [-0.4, -0.2) is 61.2 Å². The number of hydrogen-bond acceptors (Lipinski definition) is 3. The molecule has 21 heavy (non-hydrogen) atoms. The second-order valence-corrected chi connectivity index (χ2v) is 8.50. The summed E-state index contributed by atoms with van der Waals surface area (Å²) >= 11 is 0. The lowest BCUT2D eigenvalue weighted by atomic mass is 9.84. The van der Waals surface area contributed by atoms with Crippen LogP contribution >= 0.6 is 0 Å². The van der Waals surface area contributed by atoms with E-state index >= 15 is 0 Å². The molecular formula is C18H35N3. The minimum Gasteiger partial charge on any atom is -0.316 e. The number of nitrogens with one attached hydrogen (secondary N) is 1. The van der Waals surface area contributed by atoms with Gasteiger partial charge in [0, 0.05) is 37.8 Å². The third-order valence-corrected chi connectivity index (χ3v) is 6.57. The molecule has 2 aliphatic heterocycles. The molecule has 4 atom stereocenters. The van der Waals surface area contributed by atoms with Crippen LogP contribution in [0.2, 0.25) is 0 Å². The Labute approximate surface area is 131 Å². The largest absolute Gasteiger partial charge is 0.316 e. The molecule has 2 heterocycles. The summed E-state index contributed by atoms with van der Waals surface area (Å²) in [5, 5.41) is 3.63. The molecule has 0 amide bonds. The average molecular weight is 293 g/mol. The van der Waals surface area contributed by atoms with Gasteiger partial charge in [0.25, 0.3) is 0 Å². The van der Waals surface area contributed by atoms with Gasteiger partial charge >= 0.3 is 0 Å². The molecule has 1 N–H and O–H groups in total. The van der Waals surface area contributed by atoms with E-state index in [2.05, 4.69) is 42.9 Å². The molecule has 2 saturated heterocycles. The third kappa shape index (κ3) is 3.16. The molecule has 0 aromatic heterocycles. The van der Waals surface area contributed by atoms with E-state index in [-0.39, 0.29) is 0 Å². The van der Waals surface area contributed by atoms with Crippen molar-refractivity contribution in [1.29, 1.82) is 0 Å². The molecular weight excluding hydrogens is 258 g/mol. The molecule has 3 rings (SSSR count). The van der Waals surface area contributed by atoms with Gasteiger partial charge in [0.1, 0.15) is 0 Å². The number of piperidine rings is 1. The standard InChI is InChI=1S/C18H35N3/c1-14-11-20-10-6-5-7-16(20)13-21(14)12-15-8-9-18(2,3)17(15)19-4/h14-17,19H,5-13H2,1-4H3. The van der Waals surface area contributed by atoms with Gasteiger partial charge in [0.15, 0.2) is 0 Å². The first-order valence-electron chi connectivity index (χ1n) is 9.16. The van der Waals surface area contributed by atoms with Gasteiger partial charge < -0.3 is 5.32 Å². The Balaban J connectivity index is 1.62. The zero-order chi connectivity index (χ0) is 15.0. The number of rotatable bonds is 3. The molecule has 0 aromatic rings. The molecule has 0 aromatic carbocycles. The van der Waals surface area contributed by atoms with E-state index in [1.807, 2.05) is 0 Å². The van der Waals surface area contributed by atoms with Crippen LogP contribution in [0, 0.1) is 11.3 Å². The Hall–Kier alpha value is -0.120. The van der Waals surface area contributed by atoms with Crippen molar-refractivity contribution in [2.75, 3.05) is 33.2 Å². The Bertz CT molecular complexity index is 354. The van der Waals surface area contributed by atoms with Gasteiger partial charge in [0.2, 0.25) is 0 Å². The van der Waals surface area contributed by atoms with Crippen LogP contribution in [-0.2, 0) is 0 Å². The van der Waals surface area contributed by atoms with Gasteiger partial charge in [-0.1, -0.05) is 20.3 Å². The number of fused-ring (bicyclic) bond motifs is 1. The molecule has 4 unspecified atom stereocenters. The van der Waals surface area contributed by atoms with Crippen molar-refractivity contribution >= 4 is 0 Å². The summed E-state index contributed by atoms with van der Waals surface area (Å²) in [7, 11) is 2.16. The van der Waals surface area contributed by atoms with E-state index in [9.17, 15) is 0 Å². The van der Waals surface area contributed by atoms with Crippen molar-refractivity contribution in [2.24, 2.45) is 11.3 Å². The van der Waals surface area contributed by atoms with Crippen molar-refractivity contribution in [1.82, 2.24) is 15.1 Å². The smallest absolute Gasteiger partial charge is 0.0223 e. The van der Waals surface area contributed by atoms with Crippen molar-refractivity contribution in [3.63, 3.8) is 0 Å². The van der Waals surface area contributed by atoms with Crippen molar-refractivity contribution in [2.45, 2.75) is 71.0 Å². The van der Waals surface area contributed by atoms with Gasteiger partial charge in [-0.25, -0.2) is 0 Å². The van der Waals surface area contributed by atoms with Gasteiger partial charge in [-0.3, -0.25) is 9.80 Å². The summed E-state index contributed by atoms with van der Waals surface area (Å²) in [4.78, 5) is 5.57. The summed E-state index contributed by atoms with van der Waals surface area (Å²) in [5.74, 6) is 0.836. The van der Waals surface area contributed by atoms with E-state index in [4.69, 9.17) is 0 Å². The Morgan fingerprint density at radius 2 is 1.95 bits per heavy atom. The Morgan fingerprint density at radius 1 is 1.14 bits per heavy atom. The zero-order valence-corrected chi connectivity index (χ0v) is 14.6. The molecule has 1 aliphatic carbocycles. The highest BCUT2D eigenvalue weighted by Gasteiger charge is 2.43. The van der Waals surface area contributed by atoms with Crippen LogP contribution in [0.5, 0.6) is 0 Å². The number of nitrogens with zero attached hydrogens (tertiary/aromatic N) is 2. The highest BCUT2D eigenvalue weighted by atomic mass is 15.3. The fourth-order valence-electron chi connectivity index (χ4n) is 5.31. The molecule has 0 radical (unpaired) electrons. The average Bonchev–Trinajstić information content (AvgIpc) is 2.74. The first-order chi connectivity index (χ1) is 10.0. The van der Waals surface area contributed by atoms with Crippen LogP contribution in [0.1, 0.15) is 52.9 Å². The quantitative estimate of drug-likeness (QED) is 0.863. The topological polar surface area (TPSA) is 18.5 Å². The normalized spacial score (nSPS) is 41.1. The molecule has 122 valence electrons. The van der Waals surface area contributed by atoms with E-state index in [0.29, 0.717) is 11.5 Å². The van der Waals surface area contributed by atoms with Crippen LogP contribution < -0.4 is 5.32 Å². The van der Waals surface area contributed by atoms with Gasteiger partial charge in [0.05, 0.1) is 0 Å². The number of hydrogen-bond donors (Lipinski definition) is 1. The second kappa shape index (κ2) is 6.17. The van der Waals surface area contributed by atoms with E-state index in [1.165, 1.54) is 58.3 Å². The monoisotopic (exact) mass is 293 g/mol. The summed E-state index contributed by atoms with van der Waals surface area (Å²) < 4.78 is 0. The maximum Gasteiger partial charge on any atom is 0.0223 e. The lowest BCUT2D eigenvalue weighted by Crippen LogP contribution is -2.60. The van der Waals surface area contributed by atoms with Crippen molar-refractivity contribution < 1.29 is 0 Å². The second-order valence-electron chi connectivity index (χ2n) is 8.50. The lowest BCUT2D eigenvalue weighted by Gasteiger charge is -2.48. The fraction of sp³-hybridized carbons (Fsp3) is 1.00. The van der Waals surface area contributed by atoms with Crippen LogP contribution in [0.3, 0.4) is 0 Å². The first-order valence-corrected chi connectivity index (χ1v) is 9.16. The predicted molar refractivity (Wildman–Crippen MR) is 89.6 cm³/mol. The van der Waals surface area contributed by atoms with Crippen LogP contribution in [0.15, 0.2) is 0 Å². The number of piperazine rings is 1. The van der Waals surface area contributed by atoms with Crippen molar-refractivity contribution in [3.8, 4) is 0 Å². The summed E-state index contributed by atoms with van der Waals surface area (Å²) in [6, 6.07) is 2.27. The molecule has 3 aliphatic rings. The molecule has 3 nitrogen and oxygen atoms in total. The highest BCUT2D eigenvalue weighted by molar-refractivity contribution is 4.98. The van der Waals surface area contributed by atoms with Crippen molar-refractivity contribution in [3.05, 3.63) is 0 Å². The molecule has 0 bridgehead atoms. The maximum absolute atomic E-state index is 3.63. The van der Waals surface area contributed by atoms with E-state index in [0.717, 1.165) is 18.0 Å². The predicted octanol–water partition coefficient (Wildman–Crippen LogP) is 2.57. The zero-order valence-electron chi connectivity index (χ0n) is 14.6. The van der Waals surface area contributed by atoms with Gasteiger partial charge in [-0.05, 0) is 57.5 Å². The Morgan fingerprint density at radius 3 is 2.71 bits per heavy atom. The highest BCUT2D eigenvalue weighted by Crippen LogP contribution is 2.42. The maximum atomic E-state index is 3.63. The minimum absolute atomic E-state index is 0.468. The lowest BCUT2D eigenvalue weighted by molar-refractivity contribution is 0.00510. The first kappa shape index (κ1) is 15.8. The van der Waals surface area contributed by atoms with E-state index < -0.39 is 0 Å². The Kier molecular flexibility index (Phi) is 4.63.